The molecule has 2 aromatic heterocycles. The van der Waals surface area contributed by atoms with E-state index in [4.69, 9.17) is 4.42 Å². The van der Waals surface area contributed by atoms with E-state index in [9.17, 15) is 12.8 Å². The molecule has 3 rings (SSSR count). The van der Waals surface area contributed by atoms with Gasteiger partial charge in [0.1, 0.15) is 10.0 Å². The summed E-state index contributed by atoms with van der Waals surface area (Å²) in [6.45, 7) is 1.99. The molecular formula is C15H14FN3O3S2. The Morgan fingerprint density at radius 1 is 1.17 bits per heavy atom. The minimum Gasteiger partial charge on any atom is -0.421 e. The average molecular weight is 367 g/mol. The highest BCUT2D eigenvalue weighted by atomic mass is 32.2. The van der Waals surface area contributed by atoms with Crippen LogP contribution in [-0.4, -0.2) is 25.2 Å². The molecule has 126 valence electrons. The molecule has 0 atom stereocenters. The number of sulfonamides is 1. The molecule has 0 fully saturated rings. The van der Waals surface area contributed by atoms with E-state index in [0.717, 1.165) is 4.88 Å². The Kier molecular flexibility index (Phi) is 4.74. The minimum absolute atomic E-state index is 0.143. The molecule has 0 aliphatic carbocycles. The average Bonchev–Trinajstić information content (AvgIpc) is 3.17. The number of hydrogen-bond acceptors (Lipinski definition) is 6. The Morgan fingerprint density at radius 2 is 1.92 bits per heavy atom. The van der Waals surface area contributed by atoms with Gasteiger partial charge in [-0.05, 0) is 43.3 Å². The summed E-state index contributed by atoms with van der Waals surface area (Å²) >= 11 is 1.21. The van der Waals surface area contributed by atoms with E-state index >= 15 is 0 Å². The molecule has 0 saturated carbocycles. The molecule has 0 saturated heterocycles. The Balaban J connectivity index is 1.61. The molecule has 9 heteroatoms. The lowest BCUT2D eigenvalue weighted by Crippen LogP contribution is -2.25. The van der Waals surface area contributed by atoms with Gasteiger partial charge in [0, 0.05) is 23.4 Å². The Labute approximate surface area is 142 Å². The van der Waals surface area contributed by atoms with Crippen molar-refractivity contribution in [2.45, 2.75) is 17.6 Å². The fourth-order valence-electron chi connectivity index (χ4n) is 1.98. The predicted molar refractivity (Wildman–Crippen MR) is 87.6 cm³/mol. The lowest BCUT2D eigenvalue weighted by Gasteiger charge is -2.02. The highest BCUT2D eigenvalue weighted by Gasteiger charge is 2.16. The standard InChI is InChI=1S/C15H14FN3O3S2/c1-10-2-7-14(23-10)24(20,21)17-9-8-13-18-19-15(22-13)11-3-5-12(16)6-4-11/h2-7,17H,8-9H2,1H3. The normalized spacial score (nSPS) is 11.8. The van der Waals surface area contributed by atoms with Crippen molar-refractivity contribution in [2.24, 2.45) is 0 Å². The molecule has 2 heterocycles. The van der Waals surface area contributed by atoms with Crippen molar-refractivity contribution in [3.63, 3.8) is 0 Å². The van der Waals surface area contributed by atoms with Gasteiger partial charge >= 0.3 is 0 Å². The van der Waals surface area contributed by atoms with Crippen LogP contribution in [0.15, 0.2) is 45.0 Å². The van der Waals surface area contributed by atoms with E-state index in [1.807, 2.05) is 6.92 Å². The topological polar surface area (TPSA) is 85.1 Å². The van der Waals surface area contributed by atoms with E-state index in [1.165, 1.54) is 35.6 Å². The summed E-state index contributed by atoms with van der Waals surface area (Å²) in [5.41, 5.74) is 0.602. The van der Waals surface area contributed by atoms with E-state index in [0.29, 0.717) is 11.5 Å². The highest BCUT2D eigenvalue weighted by Crippen LogP contribution is 2.20. The monoisotopic (exact) mass is 367 g/mol. The number of halogens is 1. The zero-order chi connectivity index (χ0) is 17.2. The van der Waals surface area contributed by atoms with Gasteiger partial charge in [-0.3, -0.25) is 0 Å². The van der Waals surface area contributed by atoms with Crippen LogP contribution in [0.1, 0.15) is 10.8 Å². The van der Waals surface area contributed by atoms with Gasteiger partial charge in [-0.25, -0.2) is 17.5 Å². The van der Waals surface area contributed by atoms with Gasteiger partial charge in [0.2, 0.25) is 21.8 Å². The van der Waals surface area contributed by atoms with Crippen LogP contribution in [0.3, 0.4) is 0 Å². The van der Waals surface area contributed by atoms with Gasteiger partial charge in [0.15, 0.2) is 0 Å². The van der Waals surface area contributed by atoms with E-state index in [-0.39, 0.29) is 28.9 Å². The Morgan fingerprint density at radius 3 is 2.58 bits per heavy atom. The van der Waals surface area contributed by atoms with Gasteiger partial charge in [-0.1, -0.05) is 0 Å². The van der Waals surface area contributed by atoms with Crippen molar-refractivity contribution >= 4 is 21.4 Å². The summed E-state index contributed by atoms with van der Waals surface area (Å²) in [6.07, 6.45) is 0.262. The summed E-state index contributed by atoms with van der Waals surface area (Å²) < 4.78 is 45.3. The zero-order valence-corrected chi connectivity index (χ0v) is 14.3. The number of nitrogens with one attached hydrogen (secondary N) is 1. The lowest BCUT2D eigenvalue weighted by molar-refractivity contribution is 0.502. The molecule has 24 heavy (non-hydrogen) atoms. The second-order valence-electron chi connectivity index (χ2n) is 5.02. The minimum atomic E-state index is -3.52. The molecule has 6 nitrogen and oxygen atoms in total. The fraction of sp³-hybridized carbons (Fsp3) is 0.200. The second-order valence-corrected chi connectivity index (χ2v) is 8.30. The number of nitrogens with zero attached hydrogens (tertiary/aromatic N) is 2. The third-order valence-electron chi connectivity index (χ3n) is 3.17. The number of rotatable bonds is 6. The third-order valence-corrected chi connectivity index (χ3v) is 6.12. The van der Waals surface area contributed by atoms with Gasteiger partial charge < -0.3 is 4.42 Å². The zero-order valence-electron chi connectivity index (χ0n) is 12.7. The van der Waals surface area contributed by atoms with Crippen LogP contribution >= 0.6 is 11.3 Å². The maximum Gasteiger partial charge on any atom is 0.250 e. The maximum absolute atomic E-state index is 12.9. The third kappa shape index (κ3) is 3.86. The second kappa shape index (κ2) is 6.80. The van der Waals surface area contributed by atoms with Crippen LogP contribution in [0, 0.1) is 12.7 Å². The maximum atomic E-state index is 12.9. The summed E-state index contributed by atoms with van der Waals surface area (Å²) in [7, 11) is -3.52. The van der Waals surface area contributed by atoms with Crippen LogP contribution in [0.25, 0.3) is 11.5 Å². The predicted octanol–water partition coefficient (Wildman–Crippen LogP) is 2.77. The van der Waals surface area contributed by atoms with Crippen LogP contribution in [0.2, 0.25) is 0 Å². The van der Waals surface area contributed by atoms with Gasteiger partial charge in [0.25, 0.3) is 0 Å². The highest BCUT2D eigenvalue weighted by molar-refractivity contribution is 7.91. The fourth-order valence-corrected chi connectivity index (χ4v) is 4.34. The lowest BCUT2D eigenvalue weighted by atomic mass is 10.2. The molecule has 0 radical (unpaired) electrons. The van der Waals surface area contributed by atoms with Gasteiger partial charge in [-0.2, -0.15) is 0 Å². The van der Waals surface area contributed by atoms with E-state index < -0.39 is 10.0 Å². The van der Waals surface area contributed by atoms with E-state index in [1.54, 1.807) is 12.1 Å². The van der Waals surface area contributed by atoms with E-state index in [2.05, 4.69) is 14.9 Å². The molecule has 3 aromatic rings. The molecule has 1 N–H and O–H groups in total. The largest absolute Gasteiger partial charge is 0.421 e. The first-order valence-corrected chi connectivity index (χ1v) is 9.38. The van der Waals surface area contributed by atoms with Crippen molar-refractivity contribution < 1.29 is 17.2 Å². The molecule has 1 aromatic carbocycles. The van der Waals surface area contributed by atoms with Gasteiger partial charge in [-0.15, -0.1) is 21.5 Å². The van der Waals surface area contributed by atoms with Crippen LogP contribution in [0.5, 0.6) is 0 Å². The SMILES string of the molecule is Cc1ccc(S(=O)(=O)NCCc2nnc(-c3ccc(F)cc3)o2)s1. The summed E-state index contributed by atoms with van der Waals surface area (Å²) in [4.78, 5) is 0.927. The smallest absolute Gasteiger partial charge is 0.250 e. The van der Waals surface area contributed by atoms with Crippen molar-refractivity contribution in [3.05, 3.63) is 53.0 Å². The van der Waals surface area contributed by atoms with Gasteiger partial charge in [0.05, 0.1) is 0 Å². The molecule has 0 amide bonds. The first-order valence-electron chi connectivity index (χ1n) is 7.08. The molecular weight excluding hydrogens is 353 g/mol. The summed E-state index contributed by atoms with van der Waals surface area (Å²) in [5, 5.41) is 7.75. The Hall–Kier alpha value is -2.10. The number of benzene rings is 1. The van der Waals surface area contributed by atoms with Crippen molar-refractivity contribution in [1.29, 1.82) is 0 Å². The molecule has 0 unspecified atom stereocenters. The number of thiophene rings is 1. The number of aromatic nitrogens is 2. The molecule has 0 spiro atoms. The molecule has 0 aliphatic heterocycles. The summed E-state index contributed by atoms with van der Waals surface area (Å²) in [6, 6.07) is 9.00. The number of hydrogen-bond donors (Lipinski definition) is 1. The van der Waals surface area contributed by atoms with Crippen molar-refractivity contribution in [2.75, 3.05) is 6.54 Å². The first kappa shape index (κ1) is 16.7. The van der Waals surface area contributed by atoms with Crippen LogP contribution < -0.4 is 4.72 Å². The summed E-state index contributed by atoms with van der Waals surface area (Å²) in [5.74, 6) is 0.220. The van der Waals surface area contributed by atoms with Crippen molar-refractivity contribution in [3.8, 4) is 11.5 Å². The first-order chi connectivity index (χ1) is 11.4. The number of aryl methyl sites for hydroxylation is 1. The Bertz CT molecular complexity index is 933. The quantitative estimate of drug-likeness (QED) is 0.724. The molecule has 0 bridgehead atoms. The van der Waals surface area contributed by atoms with Crippen molar-refractivity contribution in [1.82, 2.24) is 14.9 Å². The van der Waals surface area contributed by atoms with Crippen LogP contribution in [-0.2, 0) is 16.4 Å². The van der Waals surface area contributed by atoms with Crippen LogP contribution in [0.4, 0.5) is 4.39 Å². The molecule has 0 aliphatic rings.